The van der Waals surface area contributed by atoms with Crippen molar-refractivity contribution in [2.24, 2.45) is 0 Å². The zero-order valence-electron chi connectivity index (χ0n) is 10.9. The molecule has 4 N–H and O–H groups in total. The summed E-state index contributed by atoms with van der Waals surface area (Å²) in [6, 6.07) is 3.61. The molecule has 19 heavy (non-hydrogen) atoms. The number of rotatable bonds is 3. The molecule has 1 aromatic heterocycles. The maximum Gasteiger partial charge on any atom is 0.161 e. The predicted molar refractivity (Wildman–Crippen MR) is 77.8 cm³/mol. The number of hydrogen-bond acceptors (Lipinski definition) is 5. The SMILES string of the molecule is COc1cc(Br)c(-c2nc(C)n(N)c2N)cc1OC. The van der Waals surface area contributed by atoms with Crippen LogP contribution in [-0.4, -0.2) is 23.9 Å². The lowest BCUT2D eigenvalue weighted by atomic mass is 10.1. The number of methoxy groups -OCH3 is 2. The molecule has 0 unspecified atom stereocenters. The van der Waals surface area contributed by atoms with E-state index in [0.29, 0.717) is 28.8 Å². The van der Waals surface area contributed by atoms with Gasteiger partial charge in [-0.05, 0) is 35.0 Å². The standard InChI is InChI=1S/C12H15BrN4O2/c1-6-16-11(12(14)17(6)15)7-4-9(18-2)10(19-3)5-8(7)13/h4-5H,14-15H2,1-3H3. The van der Waals surface area contributed by atoms with Crippen molar-refractivity contribution in [1.29, 1.82) is 0 Å². The van der Waals surface area contributed by atoms with E-state index < -0.39 is 0 Å². The molecule has 0 bridgehead atoms. The largest absolute Gasteiger partial charge is 0.493 e. The molecule has 0 saturated heterocycles. The number of benzene rings is 1. The Morgan fingerprint density at radius 2 is 1.79 bits per heavy atom. The minimum Gasteiger partial charge on any atom is -0.493 e. The number of nitrogens with zero attached hydrogens (tertiary/aromatic N) is 2. The predicted octanol–water partition coefficient (Wildman–Crippen LogP) is 1.93. The molecule has 0 aliphatic carbocycles. The monoisotopic (exact) mass is 326 g/mol. The fourth-order valence-corrected chi connectivity index (χ4v) is 2.31. The van der Waals surface area contributed by atoms with Gasteiger partial charge in [-0.1, -0.05) is 0 Å². The van der Waals surface area contributed by atoms with Crippen molar-refractivity contribution in [1.82, 2.24) is 9.66 Å². The van der Waals surface area contributed by atoms with Crippen molar-refractivity contribution in [3.63, 3.8) is 0 Å². The third-order valence-electron chi connectivity index (χ3n) is 2.85. The summed E-state index contributed by atoms with van der Waals surface area (Å²) in [7, 11) is 3.16. The van der Waals surface area contributed by atoms with Crippen molar-refractivity contribution < 1.29 is 9.47 Å². The van der Waals surface area contributed by atoms with Gasteiger partial charge < -0.3 is 21.1 Å². The number of aryl methyl sites for hydroxylation is 1. The fraction of sp³-hybridized carbons (Fsp3) is 0.250. The molecule has 1 aromatic carbocycles. The maximum atomic E-state index is 5.95. The average Bonchev–Trinajstić information content (AvgIpc) is 2.66. The number of imidazole rings is 1. The Balaban J connectivity index is 2.65. The van der Waals surface area contributed by atoms with Crippen LogP contribution in [0.5, 0.6) is 11.5 Å². The zero-order valence-corrected chi connectivity index (χ0v) is 12.5. The number of ether oxygens (including phenoxy) is 2. The third-order valence-corrected chi connectivity index (χ3v) is 3.51. The van der Waals surface area contributed by atoms with Crippen LogP contribution in [0.4, 0.5) is 5.82 Å². The second-order valence-corrected chi connectivity index (χ2v) is 4.80. The summed E-state index contributed by atoms with van der Waals surface area (Å²) in [6.45, 7) is 1.79. The highest BCUT2D eigenvalue weighted by atomic mass is 79.9. The Kier molecular flexibility index (Phi) is 3.57. The Morgan fingerprint density at radius 3 is 2.26 bits per heavy atom. The molecule has 7 heteroatoms. The fourth-order valence-electron chi connectivity index (χ4n) is 1.80. The van der Waals surface area contributed by atoms with Crippen LogP contribution in [0.15, 0.2) is 16.6 Å². The van der Waals surface area contributed by atoms with Gasteiger partial charge in [-0.3, -0.25) is 0 Å². The minimum atomic E-state index is 0.394. The number of nitrogens with two attached hydrogens (primary N) is 2. The van der Waals surface area contributed by atoms with E-state index in [2.05, 4.69) is 20.9 Å². The lowest BCUT2D eigenvalue weighted by Gasteiger charge is -2.11. The summed E-state index contributed by atoms with van der Waals surface area (Å²) in [6.07, 6.45) is 0. The lowest BCUT2D eigenvalue weighted by molar-refractivity contribution is 0.355. The van der Waals surface area contributed by atoms with Gasteiger partial charge in [-0.25, -0.2) is 9.66 Å². The Labute approximate surface area is 119 Å². The van der Waals surface area contributed by atoms with E-state index in [4.69, 9.17) is 21.1 Å². The summed E-state index contributed by atoms with van der Waals surface area (Å²) in [5.74, 6) is 8.03. The molecule has 0 atom stereocenters. The minimum absolute atomic E-state index is 0.394. The maximum absolute atomic E-state index is 5.95. The van der Waals surface area contributed by atoms with Crippen LogP contribution in [0.25, 0.3) is 11.3 Å². The number of aromatic nitrogens is 2. The summed E-state index contributed by atoms with van der Waals surface area (Å²) in [4.78, 5) is 4.36. The van der Waals surface area contributed by atoms with Gasteiger partial charge in [-0.15, -0.1) is 0 Å². The smallest absolute Gasteiger partial charge is 0.161 e. The number of hydrogen-bond donors (Lipinski definition) is 2. The molecule has 2 rings (SSSR count). The van der Waals surface area contributed by atoms with Crippen LogP contribution in [0, 0.1) is 6.92 Å². The Morgan fingerprint density at radius 1 is 1.21 bits per heavy atom. The highest BCUT2D eigenvalue weighted by Gasteiger charge is 2.17. The van der Waals surface area contributed by atoms with Crippen molar-refractivity contribution in [3.05, 3.63) is 22.4 Å². The van der Waals surface area contributed by atoms with Gasteiger partial charge in [0.15, 0.2) is 17.3 Å². The van der Waals surface area contributed by atoms with Crippen LogP contribution in [0.1, 0.15) is 5.82 Å². The molecule has 0 amide bonds. The topological polar surface area (TPSA) is 88.3 Å². The zero-order chi connectivity index (χ0) is 14.2. The molecular weight excluding hydrogens is 312 g/mol. The first-order valence-electron chi connectivity index (χ1n) is 5.51. The van der Waals surface area contributed by atoms with Crippen molar-refractivity contribution in [2.75, 3.05) is 25.8 Å². The van der Waals surface area contributed by atoms with Crippen molar-refractivity contribution in [2.45, 2.75) is 6.92 Å². The number of nitrogen functional groups attached to an aromatic ring is 2. The molecule has 6 nitrogen and oxygen atoms in total. The van der Waals surface area contributed by atoms with Gasteiger partial charge in [0.25, 0.3) is 0 Å². The summed E-state index contributed by atoms with van der Waals surface area (Å²) < 4.78 is 12.7. The van der Waals surface area contributed by atoms with Crippen molar-refractivity contribution in [3.8, 4) is 22.8 Å². The summed E-state index contributed by atoms with van der Waals surface area (Å²) in [5.41, 5.74) is 7.35. The molecule has 0 spiro atoms. The molecule has 0 aliphatic rings. The number of anilines is 1. The normalized spacial score (nSPS) is 10.5. The van der Waals surface area contributed by atoms with E-state index in [1.54, 1.807) is 33.3 Å². The van der Waals surface area contributed by atoms with Crippen LogP contribution in [-0.2, 0) is 0 Å². The van der Waals surface area contributed by atoms with E-state index in [1.807, 2.05) is 0 Å². The summed E-state index contributed by atoms with van der Waals surface area (Å²) >= 11 is 3.47. The van der Waals surface area contributed by atoms with Gasteiger partial charge >= 0.3 is 0 Å². The van der Waals surface area contributed by atoms with E-state index in [1.165, 1.54) is 4.68 Å². The van der Waals surface area contributed by atoms with E-state index in [9.17, 15) is 0 Å². The quantitative estimate of drug-likeness (QED) is 0.841. The van der Waals surface area contributed by atoms with Gasteiger partial charge in [0.1, 0.15) is 11.5 Å². The lowest BCUT2D eigenvalue weighted by Crippen LogP contribution is -2.13. The van der Waals surface area contributed by atoms with Crippen LogP contribution < -0.4 is 21.1 Å². The van der Waals surface area contributed by atoms with E-state index in [0.717, 1.165) is 10.0 Å². The third kappa shape index (κ3) is 2.21. The molecular formula is C12H15BrN4O2. The van der Waals surface area contributed by atoms with Crippen molar-refractivity contribution >= 4 is 21.7 Å². The number of halogens is 1. The first-order chi connectivity index (χ1) is 8.99. The van der Waals surface area contributed by atoms with Crippen LogP contribution in [0.2, 0.25) is 0 Å². The molecule has 0 aliphatic heterocycles. The van der Waals surface area contributed by atoms with E-state index >= 15 is 0 Å². The molecule has 102 valence electrons. The highest BCUT2D eigenvalue weighted by molar-refractivity contribution is 9.10. The Bertz CT molecular complexity index is 625. The van der Waals surface area contributed by atoms with Gasteiger partial charge in [0.2, 0.25) is 0 Å². The average molecular weight is 327 g/mol. The van der Waals surface area contributed by atoms with Crippen LogP contribution in [0.3, 0.4) is 0 Å². The summed E-state index contributed by atoms with van der Waals surface area (Å²) in [5, 5.41) is 0. The molecule has 0 saturated carbocycles. The highest BCUT2D eigenvalue weighted by Crippen LogP contribution is 2.39. The molecule has 0 fully saturated rings. The first-order valence-corrected chi connectivity index (χ1v) is 6.30. The Hall–Kier alpha value is -1.89. The second-order valence-electron chi connectivity index (χ2n) is 3.95. The first kappa shape index (κ1) is 13.5. The molecule has 2 aromatic rings. The molecule has 1 heterocycles. The molecule has 0 radical (unpaired) electrons. The van der Waals surface area contributed by atoms with Gasteiger partial charge in [-0.2, -0.15) is 0 Å². The van der Waals surface area contributed by atoms with Gasteiger partial charge in [0, 0.05) is 10.0 Å². The van der Waals surface area contributed by atoms with E-state index in [-0.39, 0.29) is 0 Å². The second kappa shape index (κ2) is 5.00. The van der Waals surface area contributed by atoms with Crippen LogP contribution >= 0.6 is 15.9 Å². The van der Waals surface area contributed by atoms with Gasteiger partial charge in [0.05, 0.1) is 14.2 Å².